The number of carbonyl (C=O) groups excluding carboxylic acids is 1. The van der Waals surface area contributed by atoms with Crippen molar-refractivity contribution in [1.82, 2.24) is 4.90 Å². The average Bonchev–Trinajstić information content (AvgIpc) is 2.69. The Morgan fingerprint density at radius 1 is 1.11 bits per heavy atom. The minimum atomic E-state index is -2.01. The molecule has 27 heavy (non-hydrogen) atoms. The summed E-state index contributed by atoms with van der Waals surface area (Å²) in [5, 5.41) is 0. The predicted molar refractivity (Wildman–Crippen MR) is 88.0 cm³/mol. The van der Waals surface area contributed by atoms with Gasteiger partial charge in [-0.15, -0.1) is 0 Å². The van der Waals surface area contributed by atoms with Crippen LogP contribution in [0, 0.1) is 23.3 Å². The van der Waals surface area contributed by atoms with Gasteiger partial charge in [-0.1, -0.05) is 30.3 Å². The molecule has 0 unspecified atom stereocenters. The number of carbonyl (C=O) groups is 1. The summed E-state index contributed by atoms with van der Waals surface area (Å²) in [4.78, 5) is 13.6. The Bertz CT molecular complexity index is 816. The van der Waals surface area contributed by atoms with Gasteiger partial charge in [-0.2, -0.15) is 0 Å². The van der Waals surface area contributed by atoms with E-state index in [4.69, 9.17) is 9.47 Å². The third-order valence-electron chi connectivity index (χ3n) is 4.17. The molecule has 4 nitrogen and oxygen atoms in total. The Morgan fingerprint density at radius 2 is 1.85 bits per heavy atom. The van der Waals surface area contributed by atoms with E-state index in [9.17, 15) is 22.4 Å². The zero-order valence-corrected chi connectivity index (χ0v) is 14.3. The fraction of sp³-hybridized carbons (Fsp3) is 0.316. The zero-order chi connectivity index (χ0) is 19.4. The maximum Gasteiger partial charge on any atom is 0.257 e. The summed E-state index contributed by atoms with van der Waals surface area (Å²) in [6, 6.07) is 9.82. The number of hydrogen-bond acceptors (Lipinski definition) is 3. The molecule has 2 aromatic rings. The molecule has 2 aromatic carbocycles. The first kappa shape index (κ1) is 19.3. The Morgan fingerprint density at radius 3 is 2.59 bits per heavy atom. The van der Waals surface area contributed by atoms with Crippen LogP contribution in [0.3, 0.4) is 0 Å². The van der Waals surface area contributed by atoms with Crippen LogP contribution >= 0.6 is 0 Å². The van der Waals surface area contributed by atoms with Crippen LogP contribution in [-0.4, -0.2) is 43.2 Å². The molecule has 1 amide bonds. The lowest BCUT2D eigenvalue weighted by molar-refractivity contribution is -0.0648. The predicted octanol–water partition coefficient (Wildman–Crippen LogP) is 3.30. The molecule has 1 fully saturated rings. The van der Waals surface area contributed by atoms with Gasteiger partial charge in [0, 0.05) is 13.1 Å². The number of hydrogen-bond donors (Lipinski definition) is 0. The molecule has 1 saturated heterocycles. The SMILES string of the molecule is O=C(c1cc(F)c(F)c(F)c1F)N1CCO[C@@H](COCc2ccccc2)C1. The average molecular weight is 383 g/mol. The third-order valence-corrected chi connectivity index (χ3v) is 4.17. The van der Waals surface area contributed by atoms with Crippen molar-refractivity contribution in [3.05, 3.63) is 70.8 Å². The van der Waals surface area contributed by atoms with Crippen molar-refractivity contribution >= 4 is 5.91 Å². The summed E-state index contributed by atoms with van der Waals surface area (Å²) < 4.78 is 64.7. The number of rotatable bonds is 5. The number of amides is 1. The van der Waals surface area contributed by atoms with Crippen LogP contribution in [0.4, 0.5) is 17.6 Å². The highest BCUT2D eigenvalue weighted by Gasteiger charge is 2.30. The van der Waals surface area contributed by atoms with Crippen LogP contribution in [-0.2, 0) is 16.1 Å². The van der Waals surface area contributed by atoms with E-state index in [2.05, 4.69) is 0 Å². The summed E-state index contributed by atoms with van der Waals surface area (Å²) in [5.41, 5.74) is 0.123. The van der Waals surface area contributed by atoms with Gasteiger partial charge in [0.1, 0.15) is 0 Å². The van der Waals surface area contributed by atoms with E-state index in [1.54, 1.807) is 0 Å². The lowest BCUT2D eigenvalue weighted by atomic mass is 10.1. The lowest BCUT2D eigenvalue weighted by Crippen LogP contribution is -2.47. The Labute approximate surface area is 153 Å². The van der Waals surface area contributed by atoms with Crippen LogP contribution in [0.1, 0.15) is 15.9 Å². The molecule has 0 radical (unpaired) electrons. The normalized spacial score (nSPS) is 17.2. The topological polar surface area (TPSA) is 38.8 Å². The smallest absolute Gasteiger partial charge is 0.257 e. The van der Waals surface area contributed by atoms with Crippen molar-refractivity contribution in [3.8, 4) is 0 Å². The fourth-order valence-electron chi connectivity index (χ4n) is 2.79. The molecule has 8 heteroatoms. The van der Waals surface area contributed by atoms with Crippen LogP contribution in [0.15, 0.2) is 36.4 Å². The van der Waals surface area contributed by atoms with Gasteiger partial charge >= 0.3 is 0 Å². The quantitative estimate of drug-likeness (QED) is 0.452. The molecule has 1 aliphatic heterocycles. The Balaban J connectivity index is 1.61. The molecule has 0 aromatic heterocycles. The zero-order valence-electron chi connectivity index (χ0n) is 14.3. The Kier molecular flexibility index (Phi) is 6.08. The largest absolute Gasteiger partial charge is 0.374 e. The standard InChI is InChI=1S/C19H17F4NO3/c20-15-8-14(16(21)18(23)17(15)22)19(25)24-6-7-27-13(9-24)11-26-10-12-4-2-1-3-5-12/h1-5,8,13H,6-7,9-11H2/t13-/m1/s1. The third kappa shape index (κ3) is 4.45. The number of ether oxygens (including phenoxy) is 2. The number of morpholine rings is 1. The summed E-state index contributed by atoms with van der Waals surface area (Å²) >= 11 is 0. The molecule has 0 aliphatic carbocycles. The maximum atomic E-state index is 13.9. The van der Waals surface area contributed by atoms with E-state index >= 15 is 0 Å². The van der Waals surface area contributed by atoms with Crippen LogP contribution in [0.2, 0.25) is 0 Å². The van der Waals surface area contributed by atoms with E-state index in [1.807, 2.05) is 30.3 Å². The monoisotopic (exact) mass is 383 g/mol. The fourth-order valence-corrected chi connectivity index (χ4v) is 2.79. The van der Waals surface area contributed by atoms with Crippen LogP contribution < -0.4 is 0 Å². The maximum absolute atomic E-state index is 13.9. The van der Waals surface area contributed by atoms with E-state index in [0.717, 1.165) is 5.56 Å². The molecule has 3 rings (SSSR count). The van der Waals surface area contributed by atoms with Gasteiger partial charge in [-0.05, 0) is 11.6 Å². The van der Waals surface area contributed by atoms with Gasteiger partial charge in [-0.3, -0.25) is 4.79 Å². The summed E-state index contributed by atoms with van der Waals surface area (Å²) in [6.07, 6.45) is -0.468. The Hall–Kier alpha value is -2.45. The minimum absolute atomic E-state index is 0.0632. The van der Waals surface area contributed by atoms with Crippen molar-refractivity contribution < 1.29 is 31.8 Å². The number of halogens is 4. The minimum Gasteiger partial charge on any atom is -0.374 e. The van der Waals surface area contributed by atoms with E-state index in [0.29, 0.717) is 12.7 Å². The van der Waals surface area contributed by atoms with Crippen molar-refractivity contribution in [3.63, 3.8) is 0 Å². The van der Waals surface area contributed by atoms with Crippen LogP contribution in [0.25, 0.3) is 0 Å². The molecule has 1 heterocycles. The molecule has 1 aliphatic rings. The molecule has 0 saturated carbocycles. The molecule has 0 N–H and O–H groups in total. The van der Waals surface area contributed by atoms with E-state index in [1.165, 1.54) is 4.90 Å². The van der Waals surface area contributed by atoms with Gasteiger partial charge in [-0.25, -0.2) is 17.6 Å². The van der Waals surface area contributed by atoms with Crippen molar-refractivity contribution in [1.29, 1.82) is 0 Å². The highest BCUT2D eigenvalue weighted by molar-refractivity contribution is 5.94. The highest BCUT2D eigenvalue weighted by atomic mass is 19.2. The summed E-state index contributed by atoms with van der Waals surface area (Å²) in [6.45, 7) is 0.894. The number of benzene rings is 2. The van der Waals surface area contributed by atoms with Crippen molar-refractivity contribution in [2.75, 3.05) is 26.3 Å². The van der Waals surface area contributed by atoms with Crippen LogP contribution in [0.5, 0.6) is 0 Å². The van der Waals surface area contributed by atoms with Crippen molar-refractivity contribution in [2.24, 2.45) is 0 Å². The second-order valence-electron chi connectivity index (χ2n) is 6.09. The van der Waals surface area contributed by atoms with E-state index in [-0.39, 0.29) is 26.3 Å². The van der Waals surface area contributed by atoms with Crippen molar-refractivity contribution in [2.45, 2.75) is 12.7 Å². The molecule has 0 bridgehead atoms. The molecule has 1 atom stereocenters. The van der Waals surface area contributed by atoms with E-state index < -0.39 is 40.8 Å². The highest BCUT2D eigenvalue weighted by Crippen LogP contribution is 2.21. The van der Waals surface area contributed by atoms with Gasteiger partial charge < -0.3 is 14.4 Å². The molecule has 144 valence electrons. The lowest BCUT2D eigenvalue weighted by Gasteiger charge is -2.33. The molecular formula is C19H17F4NO3. The second kappa shape index (κ2) is 8.49. The summed E-state index contributed by atoms with van der Waals surface area (Å²) in [5.74, 6) is -8.20. The first-order valence-electron chi connectivity index (χ1n) is 8.33. The molecule has 0 spiro atoms. The summed E-state index contributed by atoms with van der Waals surface area (Å²) in [7, 11) is 0. The first-order valence-corrected chi connectivity index (χ1v) is 8.33. The molecular weight excluding hydrogens is 366 g/mol. The number of nitrogens with zero attached hydrogens (tertiary/aromatic N) is 1. The van der Waals surface area contributed by atoms with Gasteiger partial charge in [0.2, 0.25) is 0 Å². The second-order valence-corrected chi connectivity index (χ2v) is 6.09. The van der Waals surface area contributed by atoms with Gasteiger partial charge in [0.15, 0.2) is 23.3 Å². The van der Waals surface area contributed by atoms with Gasteiger partial charge in [0.05, 0.1) is 31.5 Å². The first-order chi connectivity index (χ1) is 13.0. The van der Waals surface area contributed by atoms with Gasteiger partial charge in [0.25, 0.3) is 5.91 Å².